The second-order valence-corrected chi connectivity index (χ2v) is 31.3. The van der Waals surface area contributed by atoms with Crippen molar-refractivity contribution in [2.45, 2.75) is 388 Å². The van der Waals surface area contributed by atoms with Gasteiger partial charge in [-0.05, 0) is 49.4 Å². The van der Waals surface area contributed by atoms with Gasteiger partial charge in [0.15, 0.2) is 12.2 Å². The van der Waals surface area contributed by atoms with Crippen LogP contribution in [0.5, 0.6) is 0 Å². The molecule has 0 amide bonds. The van der Waals surface area contributed by atoms with Gasteiger partial charge in [-0.15, -0.1) is 0 Å². The van der Waals surface area contributed by atoms with Gasteiger partial charge in [0.05, 0.1) is 26.4 Å². The fourth-order valence-electron chi connectivity index (χ4n) is 11.2. The first-order chi connectivity index (χ1) is 44.6. The van der Waals surface area contributed by atoms with Crippen molar-refractivity contribution in [2.24, 2.45) is 23.7 Å². The molecule has 552 valence electrons. The normalized spacial score (nSPS) is 14.5. The highest BCUT2D eigenvalue weighted by Gasteiger charge is 2.30. The smallest absolute Gasteiger partial charge is 0.462 e. The lowest BCUT2D eigenvalue weighted by atomic mass is 10.00. The molecule has 0 aromatic rings. The number of unbranched alkanes of at least 4 members (excludes halogenated alkanes) is 36. The molecule has 0 aliphatic heterocycles. The Hall–Kier alpha value is -1.94. The molecule has 0 spiro atoms. The van der Waals surface area contributed by atoms with Crippen LogP contribution in [0.4, 0.5) is 0 Å². The Morgan fingerprint density at radius 2 is 0.516 bits per heavy atom. The van der Waals surface area contributed by atoms with Gasteiger partial charge < -0.3 is 33.8 Å². The van der Waals surface area contributed by atoms with Crippen molar-refractivity contribution in [1.29, 1.82) is 0 Å². The van der Waals surface area contributed by atoms with Crippen LogP contribution in [0.3, 0.4) is 0 Å². The molecule has 0 saturated carbocycles. The second kappa shape index (κ2) is 63.5. The number of carbonyl (C=O) groups excluding carboxylic acids is 4. The molecule has 0 aromatic heterocycles. The summed E-state index contributed by atoms with van der Waals surface area (Å²) in [7, 11) is -9.91. The van der Waals surface area contributed by atoms with E-state index in [9.17, 15) is 43.2 Å². The topological polar surface area (TPSA) is 237 Å². The molecule has 0 rings (SSSR count). The van der Waals surface area contributed by atoms with Gasteiger partial charge >= 0.3 is 39.5 Å². The van der Waals surface area contributed by atoms with Crippen molar-refractivity contribution >= 4 is 39.5 Å². The van der Waals surface area contributed by atoms with Crippen LogP contribution in [0.15, 0.2) is 0 Å². The minimum Gasteiger partial charge on any atom is -0.462 e. The van der Waals surface area contributed by atoms with Crippen molar-refractivity contribution < 1.29 is 80.2 Å². The van der Waals surface area contributed by atoms with E-state index in [4.69, 9.17) is 37.0 Å². The molecular formula is C74H144O17P2. The molecule has 3 unspecified atom stereocenters. The Bertz CT molecular complexity index is 1840. The lowest BCUT2D eigenvalue weighted by molar-refractivity contribution is -0.161. The maximum atomic E-state index is 13.1. The van der Waals surface area contributed by atoms with Gasteiger partial charge in [0.1, 0.15) is 19.3 Å². The first kappa shape index (κ1) is 91.1. The van der Waals surface area contributed by atoms with E-state index in [1.807, 2.05) is 0 Å². The number of ether oxygens (including phenoxy) is 4. The molecule has 0 radical (unpaired) electrons. The van der Waals surface area contributed by atoms with Gasteiger partial charge in [-0.25, -0.2) is 9.13 Å². The number of rotatable bonds is 71. The third-order valence-corrected chi connectivity index (χ3v) is 19.3. The van der Waals surface area contributed by atoms with Crippen molar-refractivity contribution in [1.82, 2.24) is 0 Å². The molecular weight excluding hydrogens is 1220 g/mol. The Balaban J connectivity index is 5.22. The summed E-state index contributed by atoms with van der Waals surface area (Å²) >= 11 is 0. The average Bonchev–Trinajstić information content (AvgIpc) is 2.94. The Labute approximate surface area is 568 Å². The van der Waals surface area contributed by atoms with Crippen molar-refractivity contribution in [2.75, 3.05) is 39.6 Å². The van der Waals surface area contributed by atoms with E-state index < -0.39 is 97.5 Å². The molecule has 0 bridgehead atoms. The van der Waals surface area contributed by atoms with Gasteiger partial charge in [0.2, 0.25) is 0 Å². The Morgan fingerprint density at radius 1 is 0.301 bits per heavy atom. The number of phosphoric ester groups is 2. The fraction of sp³-hybridized carbons (Fsp3) is 0.946. The maximum absolute atomic E-state index is 13.1. The Morgan fingerprint density at radius 3 is 0.763 bits per heavy atom. The van der Waals surface area contributed by atoms with Crippen LogP contribution >= 0.6 is 15.6 Å². The quantitative estimate of drug-likeness (QED) is 0.0222. The van der Waals surface area contributed by atoms with Gasteiger partial charge in [-0.1, -0.05) is 319 Å². The summed E-state index contributed by atoms with van der Waals surface area (Å²) in [5.74, 6) is 0.866. The Kier molecular flexibility index (Phi) is 62.2. The standard InChI is InChI=1S/C74H144O17P2/c1-9-67(8)53-45-37-31-33-41-49-57-74(79)91-70(61-85-72(77)55-47-39-32-30-36-44-52-66(6)7)63-89-93(82,83)87-59-68(75)58-86-92(80,81)88-62-69(90-73(78)56-48-40-29-25-21-17-13-11-15-19-23-27-35-43-51-65(4)5)60-84-71(76)54-46-38-28-24-20-16-12-10-14-18-22-26-34-42-50-64(2)3/h64-70,75H,9-63H2,1-8H3,(H,80,81)(H,82,83)/t67?,68-,69-,70-/m1/s1. The van der Waals surface area contributed by atoms with Crippen molar-refractivity contribution in [3.63, 3.8) is 0 Å². The summed E-state index contributed by atoms with van der Waals surface area (Å²) in [6, 6.07) is 0. The van der Waals surface area contributed by atoms with E-state index in [1.54, 1.807) is 0 Å². The highest BCUT2D eigenvalue weighted by atomic mass is 31.2. The van der Waals surface area contributed by atoms with Crippen LogP contribution < -0.4 is 0 Å². The molecule has 6 atom stereocenters. The van der Waals surface area contributed by atoms with Crippen LogP contribution in [-0.2, 0) is 65.4 Å². The number of carbonyl (C=O) groups is 4. The number of hydrogen-bond acceptors (Lipinski definition) is 15. The molecule has 17 nitrogen and oxygen atoms in total. The van der Waals surface area contributed by atoms with E-state index in [0.29, 0.717) is 31.6 Å². The fourth-order valence-corrected chi connectivity index (χ4v) is 12.7. The van der Waals surface area contributed by atoms with Crippen LogP contribution in [0, 0.1) is 23.7 Å². The van der Waals surface area contributed by atoms with Crippen molar-refractivity contribution in [3.8, 4) is 0 Å². The maximum Gasteiger partial charge on any atom is 0.472 e. The van der Waals surface area contributed by atoms with Crippen molar-refractivity contribution in [3.05, 3.63) is 0 Å². The molecule has 19 heteroatoms. The summed E-state index contributed by atoms with van der Waals surface area (Å²) in [5, 5.41) is 10.6. The van der Waals surface area contributed by atoms with E-state index in [0.717, 1.165) is 114 Å². The molecule has 0 heterocycles. The van der Waals surface area contributed by atoms with Crippen LogP contribution in [0.1, 0.15) is 370 Å². The van der Waals surface area contributed by atoms with Gasteiger partial charge in [0, 0.05) is 25.7 Å². The van der Waals surface area contributed by atoms with Gasteiger partial charge in [0.25, 0.3) is 0 Å². The lowest BCUT2D eigenvalue weighted by Gasteiger charge is -2.21. The predicted octanol–water partition coefficient (Wildman–Crippen LogP) is 21.3. The molecule has 0 aromatic carbocycles. The van der Waals surface area contributed by atoms with Gasteiger partial charge in [-0.3, -0.25) is 37.3 Å². The van der Waals surface area contributed by atoms with E-state index in [2.05, 4.69) is 55.4 Å². The monoisotopic (exact) mass is 1370 g/mol. The first-order valence-electron chi connectivity index (χ1n) is 38.2. The number of aliphatic hydroxyl groups is 1. The summed E-state index contributed by atoms with van der Waals surface area (Å²) in [5.41, 5.74) is 0. The summed E-state index contributed by atoms with van der Waals surface area (Å²) in [6.45, 7) is 14.1. The van der Waals surface area contributed by atoms with E-state index in [1.165, 1.54) is 167 Å². The number of esters is 4. The van der Waals surface area contributed by atoms with Gasteiger partial charge in [-0.2, -0.15) is 0 Å². The lowest BCUT2D eigenvalue weighted by Crippen LogP contribution is -2.30. The second-order valence-electron chi connectivity index (χ2n) is 28.4. The molecule has 93 heavy (non-hydrogen) atoms. The minimum absolute atomic E-state index is 0.102. The van der Waals surface area contributed by atoms with Crippen LogP contribution in [0.25, 0.3) is 0 Å². The van der Waals surface area contributed by atoms with E-state index in [-0.39, 0.29) is 25.7 Å². The number of phosphoric acid groups is 2. The number of hydrogen-bond donors (Lipinski definition) is 3. The zero-order valence-electron chi connectivity index (χ0n) is 60.9. The number of aliphatic hydroxyl groups excluding tert-OH is 1. The predicted molar refractivity (Wildman–Crippen MR) is 377 cm³/mol. The summed E-state index contributed by atoms with van der Waals surface area (Å²) in [6.07, 6.45) is 47.4. The summed E-state index contributed by atoms with van der Waals surface area (Å²) < 4.78 is 68.4. The summed E-state index contributed by atoms with van der Waals surface area (Å²) in [4.78, 5) is 72.6. The molecule has 0 aliphatic rings. The zero-order valence-corrected chi connectivity index (χ0v) is 62.7. The van der Waals surface area contributed by atoms with Crippen LogP contribution in [0.2, 0.25) is 0 Å². The highest BCUT2D eigenvalue weighted by Crippen LogP contribution is 2.45. The van der Waals surface area contributed by atoms with E-state index >= 15 is 0 Å². The van der Waals surface area contributed by atoms with Crippen LogP contribution in [-0.4, -0.2) is 96.7 Å². The molecule has 0 saturated heterocycles. The third-order valence-electron chi connectivity index (χ3n) is 17.4. The SMILES string of the molecule is CCC(C)CCCCCCCCC(=O)O[C@H](COC(=O)CCCCCCCCC(C)C)COP(=O)(O)OC[C@H](O)COP(=O)(O)OC[C@@H](COC(=O)CCCCCCCCCCCCCCCCC(C)C)OC(=O)CCCCCCCCCCCCCCCCC(C)C. The minimum atomic E-state index is -4.96. The third kappa shape index (κ3) is 67.0. The largest absolute Gasteiger partial charge is 0.472 e. The highest BCUT2D eigenvalue weighted by molar-refractivity contribution is 7.47. The first-order valence-corrected chi connectivity index (χ1v) is 41.2. The zero-order chi connectivity index (χ0) is 68.9. The molecule has 0 fully saturated rings. The average molecular weight is 1370 g/mol. The molecule has 3 N–H and O–H groups in total. The molecule has 0 aliphatic carbocycles.